The fraction of sp³-hybridized carbons (Fsp3) is 0.375. The van der Waals surface area contributed by atoms with E-state index in [-0.39, 0.29) is 0 Å². The number of anilines is 2. The van der Waals surface area contributed by atoms with Crippen LogP contribution in [0.4, 0.5) is 11.5 Å². The number of benzene rings is 1. The highest BCUT2D eigenvalue weighted by atomic mass is 35.5. The monoisotopic (exact) mass is 317 g/mol. The van der Waals surface area contributed by atoms with Crippen LogP contribution in [0.3, 0.4) is 0 Å². The molecule has 0 unspecified atom stereocenters. The first-order valence-corrected chi connectivity index (χ1v) is 7.86. The zero-order valence-corrected chi connectivity index (χ0v) is 13.4. The molecular weight excluding hydrogens is 298 g/mol. The molecule has 1 saturated heterocycles. The van der Waals surface area contributed by atoms with Crippen molar-refractivity contribution in [3.05, 3.63) is 47.4 Å². The molecule has 6 heteroatoms. The third-order valence-corrected chi connectivity index (χ3v) is 3.94. The van der Waals surface area contributed by atoms with Gasteiger partial charge in [0.1, 0.15) is 11.6 Å². The van der Waals surface area contributed by atoms with Crippen molar-refractivity contribution in [2.75, 3.05) is 37.7 Å². The standard InChI is InChI=1S/C16H20ClN5/c1-13-19-6-5-16(20-13)22(12-21-9-7-18-8-10-21)15-4-2-3-14(17)11-15/h2-6,11,18H,7-10,12H2,1H3. The number of aromatic nitrogens is 2. The predicted octanol–water partition coefficient (Wildman–Crippen LogP) is 2.44. The predicted molar refractivity (Wildman–Crippen MR) is 89.7 cm³/mol. The van der Waals surface area contributed by atoms with E-state index in [1.807, 2.05) is 31.2 Å². The maximum Gasteiger partial charge on any atom is 0.137 e. The Morgan fingerprint density at radius 1 is 1.27 bits per heavy atom. The average Bonchev–Trinajstić information content (AvgIpc) is 2.53. The molecule has 0 aliphatic carbocycles. The van der Waals surface area contributed by atoms with E-state index >= 15 is 0 Å². The Balaban J connectivity index is 1.90. The zero-order chi connectivity index (χ0) is 15.4. The lowest BCUT2D eigenvalue weighted by Gasteiger charge is -2.34. The molecule has 0 amide bonds. The Bertz CT molecular complexity index is 582. The minimum Gasteiger partial charge on any atom is -0.314 e. The number of hydrogen-bond acceptors (Lipinski definition) is 5. The van der Waals surface area contributed by atoms with Crippen molar-refractivity contribution >= 4 is 23.1 Å². The molecule has 0 saturated carbocycles. The van der Waals surface area contributed by atoms with Gasteiger partial charge in [-0.25, -0.2) is 9.97 Å². The molecule has 1 aromatic carbocycles. The number of nitrogens with one attached hydrogen (secondary N) is 1. The second kappa shape index (κ2) is 7.05. The van der Waals surface area contributed by atoms with Crippen LogP contribution in [0.1, 0.15) is 5.82 Å². The van der Waals surface area contributed by atoms with Crippen LogP contribution in [0.5, 0.6) is 0 Å². The number of nitrogens with zero attached hydrogens (tertiary/aromatic N) is 4. The van der Waals surface area contributed by atoms with Crippen LogP contribution in [0.15, 0.2) is 36.5 Å². The Morgan fingerprint density at radius 3 is 2.82 bits per heavy atom. The fourth-order valence-corrected chi connectivity index (χ4v) is 2.76. The van der Waals surface area contributed by atoms with E-state index in [1.54, 1.807) is 6.20 Å². The van der Waals surface area contributed by atoms with Crippen molar-refractivity contribution in [3.63, 3.8) is 0 Å². The van der Waals surface area contributed by atoms with Gasteiger partial charge in [0.25, 0.3) is 0 Å². The Morgan fingerprint density at radius 2 is 2.09 bits per heavy atom. The molecule has 1 aliphatic heterocycles. The summed E-state index contributed by atoms with van der Waals surface area (Å²) in [6.45, 7) is 6.80. The van der Waals surface area contributed by atoms with Crippen molar-refractivity contribution < 1.29 is 0 Å². The van der Waals surface area contributed by atoms with Gasteiger partial charge in [-0.2, -0.15) is 0 Å². The van der Waals surface area contributed by atoms with Gasteiger partial charge >= 0.3 is 0 Å². The van der Waals surface area contributed by atoms with Gasteiger partial charge in [0, 0.05) is 43.1 Å². The number of halogens is 1. The quantitative estimate of drug-likeness (QED) is 0.938. The van der Waals surface area contributed by atoms with Gasteiger partial charge in [0.05, 0.1) is 6.67 Å². The minimum absolute atomic E-state index is 0.730. The number of hydrogen-bond donors (Lipinski definition) is 1. The smallest absolute Gasteiger partial charge is 0.137 e. The zero-order valence-electron chi connectivity index (χ0n) is 12.7. The molecule has 1 aliphatic rings. The maximum atomic E-state index is 6.17. The van der Waals surface area contributed by atoms with Crippen molar-refractivity contribution in [2.24, 2.45) is 0 Å². The first-order valence-electron chi connectivity index (χ1n) is 7.48. The minimum atomic E-state index is 0.730. The fourth-order valence-electron chi connectivity index (χ4n) is 2.58. The van der Waals surface area contributed by atoms with Gasteiger partial charge in [0.15, 0.2) is 0 Å². The van der Waals surface area contributed by atoms with Gasteiger partial charge in [-0.15, -0.1) is 0 Å². The van der Waals surface area contributed by atoms with E-state index in [9.17, 15) is 0 Å². The molecule has 116 valence electrons. The first kappa shape index (κ1) is 15.2. The number of piperazine rings is 1. The Labute approximate surface area is 135 Å². The molecule has 0 atom stereocenters. The molecule has 0 radical (unpaired) electrons. The molecule has 0 spiro atoms. The van der Waals surface area contributed by atoms with Gasteiger partial charge in [-0.05, 0) is 31.2 Å². The van der Waals surface area contributed by atoms with Gasteiger partial charge in [-0.1, -0.05) is 17.7 Å². The maximum absolute atomic E-state index is 6.17. The molecule has 5 nitrogen and oxygen atoms in total. The van der Waals surface area contributed by atoms with Gasteiger partial charge in [0.2, 0.25) is 0 Å². The van der Waals surface area contributed by atoms with Crippen LogP contribution in [0.25, 0.3) is 0 Å². The highest BCUT2D eigenvalue weighted by Gasteiger charge is 2.17. The summed E-state index contributed by atoms with van der Waals surface area (Å²) in [5.41, 5.74) is 1.05. The summed E-state index contributed by atoms with van der Waals surface area (Å²) in [4.78, 5) is 13.4. The van der Waals surface area contributed by atoms with Crippen molar-refractivity contribution in [1.29, 1.82) is 0 Å². The van der Waals surface area contributed by atoms with Gasteiger partial charge < -0.3 is 10.2 Å². The van der Waals surface area contributed by atoms with Crippen LogP contribution >= 0.6 is 11.6 Å². The van der Waals surface area contributed by atoms with Crippen molar-refractivity contribution in [3.8, 4) is 0 Å². The van der Waals surface area contributed by atoms with Crippen molar-refractivity contribution in [2.45, 2.75) is 6.92 Å². The van der Waals surface area contributed by atoms with E-state index in [0.717, 1.165) is 55.2 Å². The van der Waals surface area contributed by atoms with Crippen LogP contribution in [-0.4, -0.2) is 47.7 Å². The third kappa shape index (κ3) is 3.74. The summed E-state index contributed by atoms with van der Waals surface area (Å²) >= 11 is 6.17. The lowest BCUT2D eigenvalue weighted by atomic mass is 10.3. The van der Waals surface area contributed by atoms with Crippen LogP contribution in [0, 0.1) is 6.92 Å². The average molecular weight is 318 g/mol. The molecule has 22 heavy (non-hydrogen) atoms. The Kier molecular flexibility index (Phi) is 4.87. The molecule has 3 rings (SSSR count). The molecule has 0 bridgehead atoms. The Hall–Kier alpha value is -1.69. The lowest BCUT2D eigenvalue weighted by Crippen LogP contribution is -2.47. The normalized spacial score (nSPS) is 15.7. The highest BCUT2D eigenvalue weighted by molar-refractivity contribution is 6.30. The molecule has 1 N–H and O–H groups in total. The van der Waals surface area contributed by atoms with Gasteiger partial charge in [-0.3, -0.25) is 4.90 Å². The largest absolute Gasteiger partial charge is 0.314 e. The van der Waals surface area contributed by atoms with Crippen LogP contribution < -0.4 is 10.2 Å². The van der Waals surface area contributed by atoms with E-state index in [4.69, 9.17) is 11.6 Å². The lowest BCUT2D eigenvalue weighted by molar-refractivity contribution is 0.246. The molecular formula is C16H20ClN5. The van der Waals surface area contributed by atoms with Crippen LogP contribution in [0.2, 0.25) is 5.02 Å². The molecule has 1 aromatic heterocycles. The van der Waals surface area contributed by atoms with E-state index < -0.39 is 0 Å². The summed E-state index contributed by atoms with van der Waals surface area (Å²) in [5, 5.41) is 4.11. The summed E-state index contributed by atoms with van der Waals surface area (Å²) in [6, 6.07) is 9.83. The molecule has 1 fully saturated rings. The first-order chi connectivity index (χ1) is 10.7. The molecule has 2 heterocycles. The molecule has 2 aromatic rings. The second-order valence-electron chi connectivity index (χ2n) is 5.38. The highest BCUT2D eigenvalue weighted by Crippen LogP contribution is 2.26. The van der Waals surface area contributed by atoms with E-state index in [1.165, 1.54) is 0 Å². The summed E-state index contributed by atoms with van der Waals surface area (Å²) in [7, 11) is 0. The topological polar surface area (TPSA) is 44.3 Å². The van der Waals surface area contributed by atoms with E-state index in [0.29, 0.717) is 0 Å². The van der Waals surface area contributed by atoms with Crippen LogP contribution in [-0.2, 0) is 0 Å². The third-order valence-electron chi connectivity index (χ3n) is 3.71. The second-order valence-corrected chi connectivity index (χ2v) is 5.82. The summed E-state index contributed by atoms with van der Waals surface area (Å²) < 4.78 is 0. The summed E-state index contributed by atoms with van der Waals surface area (Å²) in [5.74, 6) is 1.66. The van der Waals surface area contributed by atoms with Crippen molar-refractivity contribution in [1.82, 2.24) is 20.2 Å². The SMILES string of the molecule is Cc1nccc(N(CN2CCNCC2)c2cccc(Cl)c2)n1. The number of rotatable bonds is 4. The van der Waals surface area contributed by atoms with E-state index in [2.05, 4.69) is 31.2 Å². The summed E-state index contributed by atoms with van der Waals surface area (Å²) in [6.07, 6.45) is 1.80. The number of aryl methyl sites for hydroxylation is 1.